The van der Waals surface area contributed by atoms with Crippen molar-refractivity contribution in [1.82, 2.24) is 0 Å². The highest BCUT2D eigenvalue weighted by Gasteiger charge is 2.37. The van der Waals surface area contributed by atoms with Crippen molar-refractivity contribution in [3.8, 4) is 5.75 Å². The van der Waals surface area contributed by atoms with E-state index in [0.29, 0.717) is 0 Å². The Bertz CT molecular complexity index is 619. The molecule has 1 aliphatic heterocycles. The van der Waals surface area contributed by atoms with Crippen molar-refractivity contribution in [1.29, 1.82) is 0 Å². The lowest BCUT2D eigenvalue weighted by Crippen LogP contribution is -2.40. The molecule has 2 aromatic rings. The fraction of sp³-hybridized carbons (Fsp3) is 0.368. The summed E-state index contributed by atoms with van der Waals surface area (Å²) in [5.41, 5.74) is 5.26. The van der Waals surface area contributed by atoms with Gasteiger partial charge >= 0.3 is 0 Å². The van der Waals surface area contributed by atoms with Gasteiger partial charge in [0.15, 0.2) is 0 Å². The first-order valence-electron chi connectivity index (χ1n) is 7.81. The van der Waals surface area contributed by atoms with Crippen molar-refractivity contribution < 1.29 is 4.74 Å². The van der Waals surface area contributed by atoms with E-state index in [4.69, 9.17) is 4.74 Å². The molecule has 0 radical (unpaired) electrons. The topological polar surface area (TPSA) is 9.23 Å². The molecule has 1 unspecified atom stereocenters. The molecule has 0 saturated heterocycles. The lowest BCUT2D eigenvalue weighted by molar-refractivity contribution is 0.414. The lowest BCUT2D eigenvalue weighted by Gasteiger charge is -2.39. The third-order valence-corrected chi connectivity index (χ3v) is 8.93. The Labute approximate surface area is 129 Å². The van der Waals surface area contributed by atoms with Crippen molar-refractivity contribution in [2.75, 3.05) is 7.11 Å². The van der Waals surface area contributed by atoms with E-state index < -0.39 is 8.07 Å². The highest BCUT2D eigenvalue weighted by Crippen LogP contribution is 2.41. The summed E-state index contributed by atoms with van der Waals surface area (Å²) in [6.07, 6.45) is 2.40. The molecule has 0 amide bonds. The highest BCUT2D eigenvalue weighted by molar-refractivity contribution is 6.79. The van der Waals surface area contributed by atoms with Gasteiger partial charge in [0, 0.05) is 0 Å². The van der Waals surface area contributed by atoms with Crippen LogP contribution in [0.4, 0.5) is 0 Å². The molecule has 3 rings (SSSR count). The number of fused-ring (bicyclic) bond motifs is 1. The van der Waals surface area contributed by atoms with Gasteiger partial charge in [0.2, 0.25) is 0 Å². The Balaban J connectivity index is 1.97. The second-order valence-corrected chi connectivity index (χ2v) is 12.0. The quantitative estimate of drug-likeness (QED) is 0.737. The van der Waals surface area contributed by atoms with E-state index in [9.17, 15) is 0 Å². The zero-order chi connectivity index (χ0) is 14.9. The number of methoxy groups -OCH3 is 1. The van der Waals surface area contributed by atoms with Crippen LogP contribution in [0, 0.1) is 0 Å². The Morgan fingerprint density at radius 2 is 1.86 bits per heavy atom. The van der Waals surface area contributed by atoms with Crippen LogP contribution in [0.25, 0.3) is 0 Å². The van der Waals surface area contributed by atoms with E-state index >= 15 is 0 Å². The summed E-state index contributed by atoms with van der Waals surface area (Å²) in [6, 6.07) is 19.0. The fourth-order valence-electron chi connectivity index (χ4n) is 3.55. The third-order valence-electron chi connectivity index (χ3n) is 4.99. The third kappa shape index (κ3) is 2.91. The lowest BCUT2D eigenvalue weighted by atomic mass is 9.96. The smallest absolute Gasteiger partial charge is 0.119 e. The standard InChI is InChI=1S/C19H24OSi/c1-20-17-9-10-18-16(14-17)11-12-21(2,3)19(18)13-15-7-5-4-6-8-15/h4-10,14,19H,11-13H2,1-3H3. The Kier molecular flexibility index (Phi) is 3.90. The van der Waals surface area contributed by atoms with Crippen LogP contribution < -0.4 is 4.74 Å². The van der Waals surface area contributed by atoms with E-state index in [1.165, 1.54) is 30.0 Å². The van der Waals surface area contributed by atoms with Gasteiger partial charge in [-0.2, -0.15) is 0 Å². The second-order valence-electron chi connectivity index (χ2n) is 6.80. The average Bonchev–Trinajstić information content (AvgIpc) is 2.51. The Morgan fingerprint density at radius 3 is 2.57 bits per heavy atom. The minimum Gasteiger partial charge on any atom is -0.497 e. The molecule has 0 spiro atoms. The molecule has 1 atom stereocenters. The molecule has 2 aromatic carbocycles. The summed E-state index contributed by atoms with van der Waals surface area (Å²) < 4.78 is 5.40. The highest BCUT2D eigenvalue weighted by atomic mass is 28.3. The normalized spacial score (nSPS) is 19.9. The molecular weight excluding hydrogens is 272 g/mol. The minimum atomic E-state index is -1.22. The van der Waals surface area contributed by atoms with Gasteiger partial charge in [0.1, 0.15) is 5.75 Å². The van der Waals surface area contributed by atoms with Crippen molar-refractivity contribution in [3.63, 3.8) is 0 Å². The molecule has 110 valence electrons. The predicted molar refractivity (Wildman–Crippen MR) is 91.9 cm³/mol. The first-order chi connectivity index (χ1) is 10.1. The van der Waals surface area contributed by atoms with Gasteiger partial charge in [0.25, 0.3) is 0 Å². The van der Waals surface area contributed by atoms with Crippen molar-refractivity contribution in [3.05, 3.63) is 65.2 Å². The number of ether oxygens (including phenoxy) is 1. The van der Waals surface area contributed by atoms with Gasteiger partial charge in [-0.3, -0.25) is 0 Å². The van der Waals surface area contributed by atoms with E-state index in [1.807, 2.05) is 0 Å². The first kappa shape index (κ1) is 14.4. The number of hydrogen-bond donors (Lipinski definition) is 0. The molecule has 1 heterocycles. The molecule has 0 fully saturated rings. The van der Waals surface area contributed by atoms with Gasteiger partial charge in [-0.1, -0.05) is 55.5 Å². The summed E-state index contributed by atoms with van der Waals surface area (Å²) in [4.78, 5) is 0. The van der Waals surface area contributed by atoms with E-state index in [1.54, 1.807) is 12.7 Å². The van der Waals surface area contributed by atoms with Crippen LogP contribution in [0.5, 0.6) is 5.75 Å². The molecular formula is C19H24OSi. The zero-order valence-corrected chi connectivity index (χ0v) is 14.2. The van der Waals surface area contributed by atoms with E-state index in [0.717, 1.165) is 11.3 Å². The summed E-state index contributed by atoms with van der Waals surface area (Å²) in [7, 11) is 0.532. The maximum absolute atomic E-state index is 5.40. The van der Waals surface area contributed by atoms with Gasteiger partial charge in [0.05, 0.1) is 15.2 Å². The van der Waals surface area contributed by atoms with Crippen molar-refractivity contribution in [2.24, 2.45) is 0 Å². The SMILES string of the molecule is COc1ccc2c(c1)CC[Si](C)(C)C2Cc1ccccc1. The summed E-state index contributed by atoms with van der Waals surface area (Å²) in [6.45, 7) is 5.10. The van der Waals surface area contributed by atoms with Crippen LogP contribution in [0.2, 0.25) is 19.1 Å². The first-order valence-corrected chi connectivity index (χ1v) is 11.1. The monoisotopic (exact) mass is 296 g/mol. The van der Waals surface area contributed by atoms with Crippen LogP contribution in [0.3, 0.4) is 0 Å². The Hall–Kier alpha value is -1.54. The molecule has 1 aliphatic rings. The number of hydrogen-bond acceptors (Lipinski definition) is 1. The Morgan fingerprint density at radius 1 is 1.10 bits per heavy atom. The maximum Gasteiger partial charge on any atom is 0.119 e. The average molecular weight is 296 g/mol. The van der Waals surface area contributed by atoms with Crippen LogP contribution in [0.1, 0.15) is 22.2 Å². The summed E-state index contributed by atoms with van der Waals surface area (Å²) >= 11 is 0. The van der Waals surface area contributed by atoms with Crippen LogP contribution >= 0.6 is 0 Å². The van der Waals surface area contributed by atoms with Gasteiger partial charge in [-0.05, 0) is 47.2 Å². The zero-order valence-electron chi connectivity index (χ0n) is 13.2. The number of benzene rings is 2. The maximum atomic E-state index is 5.40. The number of aryl methyl sites for hydroxylation is 1. The largest absolute Gasteiger partial charge is 0.497 e. The molecule has 0 bridgehead atoms. The molecule has 2 heteroatoms. The number of rotatable bonds is 3. The minimum absolute atomic E-state index is 0.717. The molecule has 0 saturated carbocycles. The molecule has 21 heavy (non-hydrogen) atoms. The van der Waals surface area contributed by atoms with Crippen molar-refractivity contribution >= 4 is 8.07 Å². The molecule has 0 N–H and O–H groups in total. The van der Waals surface area contributed by atoms with Crippen LogP contribution in [0.15, 0.2) is 48.5 Å². The van der Waals surface area contributed by atoms with Gasteiger partial charge in [-0.15, -0.1) is 0 Å². The van der Waals surface area contributed by atoms with Gasteiger partial charge < -0.3 is 4.74 Å². The molecule has 0 aliphatic carbocycles. The predicted octanol–water partition coefficient (Wildman–Crippen LogP) is 4.83. The summed E-state index contributed by atoms with van der Waals surface area (Å²) in [5, 5.41) is 0. The van der Waals surface area contributed by atoms with E-state index in [-0.39, 0.29) is 0 Å². The molecule has 1 nitrogen and oxygen atoms in total. The second kappa shape index (κ2) is 5.68. The van der Waals surface area contributed by atoms with Crippen LogP contribution in [-0.4, -0.2) is 15.2 Å². The van der Waals surface area contributed by atoms with Crippen molar-refractivity contribution in [2.45, 2.75) is 37.5 Å². The van der Waals surface area contributed by atoms with Crippen LogP contribution in [-0.2, 0) is 12.8 Å². The fourth-order valence-corrected chi connectivity index (χ4v) is 6.73. The van der Waals surface area contributed by atoms with E-state index in [2.05, 4.69) is 61.6 Å². The molecule has 0 aromatic heterocycles. The summed E-state index contributed by atoms with van der Waals surface area (Å²) in [5.74, 6) is 0.994. The van der Waals surface area contributed by atoms with Gasteiger partial charge in [-0.25, -0.2) is 0 Å².